The minimum Gasteiger partial charge on any atom is -0.480 e. The molecule has 0 unspecified atom stereocenters. The Balaban J connectivity index is 0.766. The minimum absolute atomic E-state index is 0.0323. The van der Waals surface area contributed by atoms with E-state index < -0.39 is 77.8 Å². The zero-order valence-corrected chi connectivity index (χ0v) is 51.3. The molecule has 1 aromatic heterocycles. The van der Waals surface area contributed by atoms with E-state index in [2.05, 4.69) is 31.6 Å². The van der Waals surface area contributed by atoms with Gasteiger partial charge in [0.25, 0.3) is 11.8 Å². The quantitative estimate of drug-likeness (QED) is 0.0481. The third-order valence-corrected chi connectivity index (χ3v) is 16.2. The van der Waals surface area contributed by atoms with Crippen molar-refractivity contribution in [1.29, 1.82) is 5.26 Å². The molecular weight excluding hydrogens is 1180 g/mol. The molecule has 0 aliphatic carbocycles. The monoisotopic (exact) mass is 1260 g/mol. The molecule has 3 aromatic rings. The van der Waals surface area contributed by atoms with Crippen LogP contribution in [0.3, 0.4) is 0 Å². The number of carboxylic acids is 3. The number of fused-ring (bicyclic) bond motifs is 1. The van der Waals surface area contributed by atoms with Crippen molar-refractivity contribution in [2.45, 2.75) is 109 Å². The number of ether oxygens (including phenoxy) is 2. The van der Waals surface area contributed by atoms with Crippen LogP contribution in [-0.4, -0.2) is 260 Å². The molecule has 30 heteroatoms. The number of benzene rings is 2. The third kappa shape index (κ3) is 21.3. The topological polar surface area (TPSA) is 355 Å². The zero-order valence-electron chi connectivity index (χ0n) is 51.3. The molecule has 7 N–H and O–H groups in total. The number of nitrogens with zero attached hydrogens (tertiary/aromatic N) is 10. The Morgan fingerprint density at radius 1 is 0.756 bits per heavy atom. The van der Waals surface area contributed by atoms with Gasteiger partial charge in [0.15, 0.2) is 0 Å². The van der Waals surface area contributed by atoms with Gasteiger partial charge in [0.2, 0.25) is 29.5 Å². The van der Waals surface area contributed by atoms with Crippen molar-refractivity contribution >= 4 is 53.4 Å². The van der Waals surface area contributed by atoms with Crippen LogP contribution in [0.1, 0.15) is 86.8 Å². The van der Waals surface area contributed by atoms with E-state index >= 15 is 0 Å². The van der Waals surface area contributed by atoms with Crippen LogP contribution in [0, 0.1) is 17.2 Å². The number of carbonyl (C=O) groups excluding carboxylic acids is 6. The van der Waals surface area contributed by atoms with Crippen LogP contribution in [0.2, 0.25) is 0 Å². The SMILES string of the molecule is CC(C)(CCC(=O)NCCNC(=O)c1ccc(-c2cn(Cc3cccc4c3CN(C(=O)C[C@H]3C[C@@H](C(=O)N5CC(F)(F)C[C@H]5C#N)NC3=O)C4)nn2)cc1)OCC(C)(C)OCCNC(=O)CN1CCN(CC(=O)O)CCN(CC(=O)O)CCN(CC(=O)O)CC1. The van der Waals surface area contributed by atoms with Crippen molar-refractivity contribution in [3.05, 3.63) is 70.9 Å². The summed E-state index contributed by atoms with van der Waals surface area (Å²) in [5.41, 5.74) is 2.96. The molecule has 4 aliphatic rings. The second-order valence-electron chi connectivity index (χ2n) is 24.5. The Hall–Kier alpha value is -8.08. The van der Waals surface area contributed by atoms with Crippen LogP contribution < -0.4 is 21.3 Å². The van der Waals surface area contributed by atoms with Crippen LogP contribution in [0.25, 0.3) is 11.3 Å². The highest BCUT2D eigenvalue weighted by Gasteiger charge is 2.50. The van der Waals surface area contributed by atoms with Crippen molar-refractivity contribution < 1.29 is 76.7 Å². The average Bonchev–Trinajstić information content (AvgIpc) is 1.73. The molecule has 0 saturated carbocycles. The molecule has 3 saturated heterocycles. The molecule has 0 spiro atoms. The van der Waals surface area contributed by atoms with Gasteiger partial charge in [-0.05, 0) is 69.4 Å². The number of carbonyl (C=O) groups is 9. The molecule has 0 bridgehead atoms. The van der Waals surface area contributed by atoms with Crippen LogP contribution in [0.4, 0.5) is 8.78 Å². The fourth-order valence-electron chi connectivity index (χ4n) is 11.1. The maximum atomic E-state index is 14.0. The van der Waals surface area contributed by atoms with Gasteiger partial charge < -0.3 is 55.9 Å². The third-order valence-electron chi connectivity index (χ3n) is 16.2. The molecule has 90 heavy (non-hydrogen) atoms. The van der Waals surface area contributed by atoms with E-state index in [4.69, 9.17) is 9.47 Å². The van der Waals surface area contributed by atoms with Gasteiger partial charge in [-0.2, -0.15) is 5.26 Å². The number of rotatable bonds is 28. The van der Waals surface area contributed by atoms with Crippen LogP contribution in [0.5, 0.6) is 0 Å². The Kier molecular flexibility index (Phi) is 24.4. The summed E-state index contributed by atoms with van der Waals surface area (Å²) >= 11 is 0. The lowest BCUT2D eigenvalue weighted by molar-refractivity contribution is -0.140. The van der Waals surface area contributed by atoms with Crippen LogP contribution in [0.15, 0.2) is 48.7 Å². The van der Waals surface area contributed by atoms with Crippen molar-refractivity contribution in [3.8, 4) is 17.3 Å². The molecule has 28 nitrogen and oxygen atoms in total. The molecule has 4 aliphatic heterocycles. The molecule has 490 valence electrons. The van der Waals surface area contributed by atoms with Gasteiger partial charge in [-0.25, -0.2) is 13.5 Å². The predicted molar refractivity (Wildman–Crippen MR) is 317 cm³/mol. The summed E-state index contributed by atoms with van der Waals surface area (Å²) < 4.78 is 42.0. The maximum absolute atomic E-state index is 14.0. The number of likely N-dealkylation sites (tertiary alicyclic amines) is 1. The molecular formula is C60H82F2N14O14. The number of amides is 6. The molecule has 0 radical (unpaired) electrons. The first-order valence-corrected chi connectivity index (χ1v) is 30.0. The second-order valence-corrected chi connectivity index (χ2v) is 24.5. The number of carboxylic acid groups (broad SMARTS) is 3. The largest absolute Gasteiger partial charge is 0.480 e. The summed E-state index contributed by atoms with van der Waals surface area (Å²) in [6.07, 6.45) is 1.33. The highest BCUT2D eigenvalue weighted by atomic mass is 19.3. The average molecular weight is 1260 g/mol. The van der Waals surface area contributed by atoms with Crippen molar-refractivity contribution in [2.24, 2.45) is 5.92 Å². The van der Waals surface area contributed by atoms with E-state index in [9.17, 15) is 72.5 Å². The summed E-state index contributed by atoms with van der Waals surface area (Å²) in [5.74, 6) is -9.60. The van der Waals surface area contributed by atoms with Crippen molar-refractivity contribution in [3.63, 3.8) is 0 Å². The number of alkyl halides is 2. The number of aromatic nitrogens is 3. The Bertz CT molecular complexity index is 3070. The van der Waals surface area contributed by atoms with Gasteiger partial charge in [-0.1, -0.05) is 35.5 Å². The Morgan fingerprint density at radius 2 is 1.34 bits per heavy atom. The molecule has 6 amide bonds. The zero-order chi connectivity index (χ0) is 65.3. The van der Waals surface area contributed by atoms with Gasteiger partial charge in [0, 0.05) is 121 Å². The number of hydrogen-bond acceptors (Lipinski definition) is 18. The van der Waals surface area contributed by atoms with Crippen LogP contribution >= 0.6 is 0 Å². The smallest absolute Gasteiger partial charge is 0.317 e. The van der Waals surface area contributed by atoms with Crippen LogP contribution in [-0.2, 0) is 67.5 Å². The van der Waals surface area contributed by atoms with Gasteiger partial charge in [0.1, 0.15) is 17.8 Å². The van der Waals surface area contributed by atoms with E-state index in [0.29, 0.717) is 49.4 Å². The number of aliphatic carboxylic acids is 3. The lowest BCUT2D eigenvalue weighted by Crippen LogP contribution is -2.50. The van der Waals surface area contributed by atoms with Gasteiger partial charge in [-0.3, -0.25) is 62.8 Å². The summed E-state index contributed by atoms with van der Waals surface area (Å²) in [6, 6.07) is 11.9. The first-order chi connectivity index (χ1) is 42.6. The lowest BCUT2D eigenvalue weighted by atomic mass is 9.99. The highest BCUT2D eigenvalue weighted by molar-refractivity contribution is 5.95. The first kappa shape index (κ1) is 69.4. The summed E-state index contributed by atoms with van der Waals surface area (Å²) in [5, 5.41) is 57.4. The highest BCUT2D eigenvalue weighted by Crippen LogP contribution is 2.34. The van der Waals surface area contributed by atoms with Gasteiger partial charge in [-0.15, -0.1) is 5.10 Å². The fourth-order valence-corrected chi connectivity index (χ4v) is 11.1. The van der Waals surface area contributed by atoms with Crippen molar-refractivity contribution in [2.75, 3.05) is 118 Å². The normalized spacial score (nSPS) is 19.7. The molecule has 3 atom stereocenters. The second kappa shape index (κ2) is 31.6. The summed E-state index contributed by atoms with van der Waals surface area (Å²) in [6.45, 7) is 9.72. The van der Waals surface area contributed by atoms with Crippen molar-refractivity contribution in [1.82, 2.24) is 65.7 Å². The first-order valence-electron chi connectivity index (χ1n) is 30.0. The predicted octanol–water partition coefficient (Wildman–Crippen LogP) is 0.298. The standard InChI is InChI=1S/C60H82F2N14O14/c1-58(2,90-39-59(3,4)89-25-16-65-50(78)34-70-17-19-71(35-52(80)81)21-23-73(37-54(84)85)24-22-72(20-18-70)36-53(82)83)13-12-49(77)64-14-15-66-55(86)41-10-8-40(9-11-41)48-33-75(69-68-48)31-43-7-5-6-42-30-74(32-46(42)43)51(79)27-44-26-47(67-56(44)87)57(88)76-38-60(61,62)28-45(76)29-63/h5-11,33,44-45,47H,12-28,30-32,34-39H2,1-4H3,(H,64,77)(H,65,78)(H,66,86)(H,67,87)(H,80,81)(H,82,83)(H,84,85)/t44-,45+,47+/m1/s1. The summed E-state index contributed by atoms with van der Waals surface area (Å²) in [4.78, 5) is 123. The van der Waals surface area contributed by atoms with E-state index in [1.54, 1.807) is 60.8 Å². The molecule has 3 fully saturated rings. The number of nitrogens with one attached hydrogen (secondary N) is 4. The molecule has 5 heterocycles. The molecule has 2 aromatic carbocycles. The van der Waals surface area contributed by atoms with E-state index in [-0.39, 0.29) is 148 Å². The minimum atomic E-state index is -3.20. The Labute approximate surface area is 520 Å². The lowest BCUT2D eigenvalue weighted by Gasteiger charge is -2.33. The number of hydrogen-bond donors (Lipinski definition) is 7. The van der Waals surface area contributed by atoms with E-state index in [1.807, 2.05) is 50.8 Å². The Morgan fingerprint density at radius 3 is 1.94 bits per heavy atom. The maximum Gasteiger partial charge on any atom is 0.317 e. The number of nitriles is 1. The fraction of sp³-hybridized carbons (Fsp3) is 0.600. The van der Waals surface area contributed by atoms with E-state index in [1.165, 1.54) is 0 Å². The van der Waals surface area contributed by atoms with Gasteiger partial charge in [0.05, 0.1) is 76.0 Å². The van der Waals surface area contributed by atoms with E-state index in [0.717, 1.165) is 21.6 Å². The van der Waals surface area contributed by atoms with Gasteiger partial charge >= 0.3 is 17.9 Å². The summed E-state index contributed by atoms with van der Waals surface area (Å²) in [7, 11) is 0. The number of halogens is 2. The molecule has 7 rings (SSSR count).